The second-order valence-corrected chi connectivity index (χ2v) is 4.83. The number of benzene rings is 1. The molecular weight excluding hydrogens is 312 g/mol. The average Bonchev–Trinajstić information content (AvgIpc) is 2.59. The van der Waals surface area contributed by atoms with Gasteiger partial charge in [-0.05, 0) is 12.8 Å². The van der Waals surface area contributed by atoms with E-state index in [1.165, 1.54) is 7.05 Å². The number of nitrogens with one attached hydrogen (secondary N) is 2. The van der Waals surface area contributed by atoms with Crippen molar-refractivity contribution in [2.45, 2.75) is 26.7 Å². The molecule has 0 fully saturated rings. The molecule has 0 aliphatic carbocycles. The predicted octanol–water partition coefficient (Wildman–Crippen LogP) is 1.90. The maximum Gasteiger partial charge on any atom is 0.326 e. The lowest BCUT2D eigenvalue weighted by Crippen LogP contribution is -2.39. The van der Waals surface area contributed by atoms with Gasteiger partial charge in [0, 0.05) is 18.2 Å². The first-order valence-electron chi connectivity index (χ1n) is 7.62. The summed E-state index contributed by atoms with van der Waals surface area (Å²) in [4.78, 5) is 15.9. The zero-order valence-corrected chi connectivity index (χ0v) is 15.1. The van der Waals surface area contributed by atoms with Gasteiger partial charge in [0.1, 0.15) is 0 Å². The van der Waals surface area contributed by atoms with E-state index in [1.807, 2.05) is 13.8 Å². The van der Waals surface area contributed by atoms with Crippen molar-refractivity contribution in [2.75, 3.05) is 33.7 Å². The Bertz CT molecular complexity index is 596. The van der Waals surface area contributed by atoms with Crippen LogP contribution in [0.3, 0.4) is 0 Å². The van der Waals surface area contributed by atoms with Crippen molar-refractivity contribution in [1.82, 2.24) is 5.32 Å². The monoisotopic (exact) mass is 338 g/mol. The molecule has 0 aliphatic rings. The Morgan fingerprint density at radius 2 is 1.46 bits per heavy atom. The van der Waals surface area contributed by atoms with Crippen molar-refractivity contribution in [3.8, 4) is 17.2 Å². The van der Waals surface area contributed by atoms with Crippen molar-refractivity contribution < 1.29 is 19.0 Å². The van der Waals surface area contributed by atoms with E-state index in [0.29, 0.717) is 35.8 Å². The minimum atomic E-state index is -0.489. The molecule has 0 spiro atoms. The number of hydrogen-bond donors (Lipinski definition) is 3. The summed E-state index contributed by atoms with van der Waals surface area (Å²) in [6.07, 6.45) is 1.26. The number of ether oxygens (including phenoxy) is 3. The van der Waals surface area contributed by atoms with Gasteiger partial charge in [0.05, 0.1) is 27.0 Å². The van der Waals surface area contributed by atoms with Gasteiger partial charge >= 0.3 is 6.03 Å². The molecule has 0 heterocycles. The predicted molar refractivity (Wildman–Crippen MR) is 94.6 cm³/mol. The summed E-state index contributed by atoms with van der Waals surface area (Å²) in [5, 5.41) is 5.27. The fourth-order valence-electron chi connectivity index (χ4n) is 2.55. The summed E-state index contributed by atoms with van der Waals surface area (Å²) in [6, 6.07) is -0.489. The van der Waals surface area contributed by atoms with Crippen LogP contribution in [0.15, 0.2) is 4.99 Å². The molecule has 8 nitrogen and oxygen atoms in total. The number of anilines is 1. The third kappa shape index (κ3) is 3.81. The molecular formula is C16H26N4O4. The molecule has 1 aromatic rings. The SMILES string of the molecule is CCc1c(NC(=O)NC(N)=NC)c(CC)c(OC)c(OC)c1OC. The van der Waals surface area contributed by atoms with Gasteiger partial charge in [-0.1, -0.05) is 13.8 Å². The van der Waals surface area contributed by atoms with Crippen LogP contribution < -0.4 is 30.6 Å². The second kappa shape index (κ2) is 8.85. The second-order valence-electron chi connectivity index (χ2n) is 4.83. The third-order valence-corrected chi connectivity index (χ3v) is 3.60. The smallest absolute Gasteiger partial charge is 0.326 e. The lowest BCUT2D eigenvalue weighted by atomic mass is 9.99. The molecule has 1 aromatic carbocycles. The van der Waals surface area contributed by atoms with Gasteiger partial charge < -0.3 is 25.3 Å². The van der Waals surface area contributed by atoms with E-state index in [0.717, 1.165) is 11.1 Å². The van der Waals surface area contributed by atoms with Crippen LogP contribution >= 0.6 is 0 Å². The highest BCUT2D eigenvalue weighted by Crippen LogP contribution is 2.48. The van der Waals surface area contributed by atoms with Crippen molar-refractivity contribution in [1.29, 1.82) is 0 Å². The van der Waals surface area contributed by atoms with Crippen LogP contribution in [-0.2, 0) is 12.8 Å². The molecule has 0 saturated carbocycles. The highest BCUT2D eigenvalue weighted by atomic mass is 16.5. The van der Waals surface area contributed by atoms with Crippen LogP contribution in [0.4, 0.5) is 10.5 Å². The standard InChI is InChI=1S/C16H26N4O4/c1-7-9-11(19-16(21)20-15(17)18-3)10(8-2)13(23-5)14(24-6)12(9)22-4/h7-8H2,1-6H3,(H4,17,18,19,20,21). The Balaban J connectivity index is 3.53. The van der Waals surface area contributed by atoms with Gasteiger partial charge in [0.25, 0.3) is 0 Å². The van der Waals surface area contributed by atoms with Crippen molar-refractivity contribution in [3.63, 3.8) is 0 Å². The van der Waals surface area contributed by atoms with Crippen LogP contribution in [0.2, 0.25) is 0 Å². The molecule has 0 radical (unpaired) electrons. The van der Waals surface area contributed by atoms with E-state index < -0.39 is 6.03 Å². The molecule has 0 saturated heterocycles. The summed E-state index contributed by atoms with van der Waals surface area (Å²) < 4.78 is 16.5. The molecule has 0 aromatic heterocycles. The van der Waals surface area contributed by atoms with Gasteiger partial charge in [-0.2, -0.15) is 0 Å². The zero-order chi connectivity index (χ0) is 18.3. The fourth-order valence-corrected chi connectivity index (χ4v) is 2.55. The number of rotatable bonds is 6. The number of methoxy groups -OCH3 is 3. The number of nitrogens with two attached hydrogens (primary N) is 1. The fraction of sp³-hybridized carbons (Fsp3) is 0.500. The highest BCUT2D eigenvalue weighted by Gasteiger charge is 2.25. The van der Waals surface area contributed by atoms with E-state index in [9.17, 15) is 4.79 Å². The zero-order valence-electron chi connectivity index (χ0n) is 15.1. The van der Waals surface area contributed by atoms with Gasteiger partial charge in [0.15, 0.2) is 17.5 Å². The third-order valence-electron chi connectivity index (χ3n) is 3.60. The molecule has 4 N–H and O–H groups in total. The van der Waals surface area contributed by atoms with Gasteiger partial charge in [-0.15, -0.1) is 0 Å². The lowest BCUT2D eigenvalue weighted by molar-refractivity contribution is 0.256. The van der Waals surface area contributed by atoms with E-state index in [-0.39, 0.29) is 5.96 Å². The van der Waals surface area contributed by atoms with E-state index >= 15 is 0 Å². The Labute approximate surface area is 142 Å². The number of aliphatic imine (C=N–C) groups is 1. The summed E-state index contributed by atoms with van der Waals surface area (Å²) >= 11 is 0. The summed E-state index contributed by atoms with van der Waals surface area (Å²) in [5.41, 5.74) is 7.78. The van der Waals surface area contributed by atoms with Crippen LogP contribution in [0.5, 0.6) is 17.2 Å². The minimum absolute atomic E-state index is 0.0241. The maximum absolute atomic E-state index is 12.2. The molecule has 2 amide bonds. The molecule has 24 heavy (non-hydrogen) atoms. The number of nitrogens with zero attached hydrogens (tertiary/aromatic N) is 1. The van der Waals surface area contributed by atoms with E-state index in [2.05, 4.69) is 15.6 Å². The summed E-state index contributed by atoms with van der Waals surface area (Å²) in [5.74, 6) is 1.59. The van der Waals surface area contributed by atoms with Crippen LogP contribution in [0, 0.1) is 0 Å². The number of amides is 2. The Morgan fingerprint density at radius 3 is 1.79 bits per heavy atom. The maximum atomic E-state index is 12.2. The van der Waals surface area contributed by atoms with Gasteiger partial charge in [-0.3, -0.25) is 10.3 Å². The Kier molecular flexibility index (Phi) is 7.16. The van der Waals surface area contributed by atoms with Crippen LogP contribution in [0.25, 0.3) is 0 Å². The van der Waals surface area contributed by atoms with E-state index in [1.54, 1.807) is 21.3 Å². The van der Waals surface area contributed by atoms with Crippen molar-refractivity contribution >= 4 is 17.7 Å². The molecule has 134 valence electrons. The lowest BCUT2D eigenvalue weighted by Gasteiger charge is -2.23. The van der Waals surface area contributed by atoms with E-state index in [4.69, 9.17) is 19.9 Å². The molecule has 0 atom stereocenters. The van der Waals surface area contributed by atoms with Gasteiger partial charge in [-0.25, -0.2) is 4.79 Å². The molecule has 8 heteroatoms. The number of carbonyl (C=O) groups excluding carboxylic acids is 1. The first-order valence-corrected chi connectivity index (χ1v) is 7.62. The molecule has 0 unspecified atom stereocenters. The quantitative estimate of drug-likeness (QED) is 0.542. The number of carbonyl (C=O) groups is 1. The minimum Gasteiger partial charge on any atom is -0.492 e. The molecule has 0 aliphatic heterocycles. The highest BCUT2D eigenvalue weighted by molar-refractivity contribution is 6.03. The number of hydrogen-bond acceptors (Lipinski definition) is 5. The van der Waals surface area contributed by atoms with Crippen LogP contribution in [-0.4, -0.2) is 40.4 Å². The topological polar surface area (TPSA) is 107 Å². The number of guanidine groups is 1. The van der Waals surface area contributed by atoms with Gasteiger partial charge in [0.2, 0.25) is 5.75 Å². The largest absolute Gasteiger partial charge is 0.492 e. The Hall–Kier alpha value is -2.64. The number of urea groups is 1. The first-order chi connectivity index (χ1) is 11.5. The van der Waals surface area contributed by atoms with Crippen LogP contribution in [0.1, 0.15) is 25.0 Å². The molecule has 0 bridgehead atoms. The van der Waals surface area contributed by atoms with Crippen molar-refractivity contribution in [3.05, 3.63) is 11.1 Å². The van der Waals surface area contributed by atoms with Crippen molar-refractivity contribution in [2.24, 2.45) is 10.7 Å². The first kappa shape index (κ1) is 19.4. The normalized spacial score (nSPS) is 11.0. The molecule has 1 rings (SSSR count). The Morgan fingerprint density at radius 1 is 1.00 bits per heavy atom. The average molecular weight is 338 g/mol. The summed E-state index contributed by atoms with van der Waals surface area (Å²) in [6.45, 7) is 3.93. The summed E-state index contributed by atoms with van der Waals surface area (Å²) in [7, 11) is 6.14.